The zero-order valence-electron chi connectivity index (χ0n) is 12.5. The highest BCUT2D eigenvalue weighted by Crippen LogP contribution is 2.24. The normalized spacial score (nSPS) is 27.8. The van der Waals surface area contributed by atoms with Crippen molar-refractivity contribution in [2.24, 2.45) is 0 Å². The molecule has 2 heterocycles. The molecule has 1 aromatic heterocycles. The minimum Gasteiger partial charge on any atom is -0.383 e. The Kier molecular flexibility index (Phi) is 4.47. The Hall–Kier alpha value is -1.07. The number of ether oxygens (including phenoxy) is 1. The Morgan fingerprint density at radius 3 is 3.05 bits per heavy atom. The van der Waals surface area contributed by atoms with E-state index in [9.17, 15) is 0 Å². The summed E-state index contributed by atoms with van der Waals surface area (Å²) in [7, 11) is 1.72. The predicted molar refractivity (Wildman–Crippen MR) is 77.6 cm³/mol. The van der Waals surface area contributed by atoms with Gasteiger partial charge in [-0.05, 0) is 20.3 Å². The lowest BCUT2D eigenvalue weighted by atomic mass is 9.93. The zero-order chi connectivity index (χ0) is 13.9. The topological polar surface area (TPSA) is 42.3 Å². The second-order valence-electron chi connectivity index (χ2n) is 5.73. The van der Waals surface area contributed by atoms with Crippen LogP contribution in [0.2, 0.25) is 0 Å². The van der Waals surface area contributed by atoms with Gasteiger partial charge in [0, 0.05) is 38.0 Å². The summed E-state index contributed by atoms with van der Waals surface area (Å²) in [5, 5.41) is 8.06. The van der Waals surface area contributed by atoms with Crippen molar-refractivity contribution in [1.82, 2.24) is 15.1 Å². The van der Waals surface area contributed by atoms with Gasteiger partial charge in [-0.1, -0.05) is 6.92 Å². The van der Waals surface area contributed by atoms with E-state index >= 15 is 0 Å². The van der Waals surface area contributed by atoms with Crippen LogP contribution in [-0.2, 0) is 11.3 Å². The van der Waals surface area contributed by atoms with E-state index in [4.69, 9.17) is 4.74 Å². The molecule has 2 atom stereocenters. The number of aromatic nitrogens is 2. The zero-order valence-corrected chi connectivity index (χ0v) is 12.5. The van der Waals surface area contributed by atoms with Crippen LogP contribution in [0.15, 0.2) is 12.4 Å². The number of piperazine rings is 1. The summed E-state index contributed by atoms with van der Waals surface area (Å²) in [6.45, 7) is 10.3. The Morgan fingerprint density at radius 1 is 1.58 bits per heavy atom. The van der Waals surface area contributed by atoms with Crippen LogP contribution in [0.4, 0.5) is 5.69 Å². The SMILES string of the molecule is CCC1(C)CN(c2cnn(CCOC)c2)C(C)CN1. The molecule has 1 fully saturated rings. The molecular formula is C14H26N4O. The third kappa shape index (κ3) is 3.28. The van der Waals surface area contributed by atoms with Crippen molar-refractivity contribution in [3.05, 3.63) is 12.4 Å². The molecule has 1 N–H and O–H groups in total. The average molecular weight is 266 g/mol. The van der Waals surface area contributed by atoms with Crippen molar-refractivity contribution in [3.8, 4) is 0 Å². The van der Waals surface area contributed by atoms with Crippen LogP contribution >= 0.6 is 0 Å². The Bertz CT molecular complexity index is 406. The number of methoxy groups -OCH3 is 1. The third-order valence-electron chi connectivity index (χ3n) is 4.13. The summed E-state index contributed by atoms with van der Waals surface area (Å²) >= 11 is 0. The first-order chi connectivity index (χ1) is 9.08. The van der Waals surface area contributed by atoms with Crippen LogP contribution in [0.25, 0.3) is 0 Å². The summed E-state index contributed by atoms with van der Waals surface area (Å²) in [5.74, 6) is 0. The summed E-state index contributed by atoms with van der Waals surface area (Å²) < 4.78 is 7.04. The van der Waals surface area contributed by atoms with E-state index in [1.165, 1.54) is 5.69 Å². The van der Waals surface area contributed by atoms with E-state index in [-0.39, 0.29) is 5.54 Å². The predicted octanol–water partition coefficient (Wildman–Crippen LogP) is 1.50. The maximum absolute atomic E-state index is 5.09. The molecule has 0 bridgehead atoms. The molecule has 2 unspecified atom stereocenters. The highest BCUT2D eigenvalue weighted by Gasteiger charge is 2.33. The van der Waals surface area contributed by atoms with E-state index in [0.29, 0.717) is 12.6 Å². The van der Waals surface area contributed by atoms with Crippen LogP contribution in [0.5, 0.6) is 0 Å². The molecule has 0 amide bonds. The second-order valence-corrected chi connectivity index (χ2v) is 5.73. The van der Waals surface area contributed by atoms with Gasteiger partial charge in [-0.15, -0.1) is 0 Å². The molecule has 108 valence electrons. The van der Waals surface area contributed by atoms with Crippen LogP contribution in [-0.4, -0.2) is 48.2 Å². The molecule has 2 rings (SSSR count). The summed E-state index contributed by atoms with van der Waals surface area (Å²) in [4.78, 5) is 2.45. The first-order valence-electron chi connectivity index (χ1n) is 7.11. The molecule has 1 saturated heterocycles. The average Bonchev–Trinajstić information content (AvgIpc) is 2.88. The second kappa shape index (κ2) is 5.92. The lowest BCUT2D eigenvalue weighted by Crippen LogP contribution is -2.62. The monoisotopic (exact) mass is 266 g/mol. The van der Waals surface area contributed by atoms with E-state index in [0.717, 1.165) is 26.1 Å². The highest BCUT2D eigenvalue weighted by molar-refractivity contribution is 5.45. The van der Waals surface area contributed by atoms with Crippen molar-refractivity contribution in [2.75, 3.05) is 31.7 Å². The molecule has 0 spiro atoms. The van der Waals surface area contributed by atoms with E-state index < -0.39 is 0 Å². The Labute approximate surface area is 115 Å². The van der Waals surface area contributed by atoms with Gasteiger partial charge in [0.05, 0.1) is 25.0 Å². The number of nitrogens with one attached hydrogen (secondary N) is 1. The summed E-state index contributed by atoms with van der Waals surface area (Å²) in [6.07, 6.45) is 5.22. The van der Waals surface area contributed by atoms with Crippen LogP contribution in [0.3, 0.4) is 0 Å². The molecule has 5 nitrogen and oxygen atoms in total. The first-order valence-corrected chi connectivity index (χ1v) is 7.11. The van der Waals surface area contributed by atoms with Gasteiger partial charge in [0.1, 0.15) is 0 Å². The molecule has 1 aromatic rings. The molecule has 0 aliphatic carbocycles. The first kappa shape index (κ1) is 14.3. The van der Waals surface area contributed by atoms with Gasteiger partial charge < -0.3 is 15.0 Å². The number of hydrogen-bond acceptors (Lipinski definition) is 4. The van der Waals surface area contributed by atoms with Crippen molar-refractivity contribution in [1.29, 1.82) is 0 Å². The van der Waals surface area contributed by atoms with Gasteiger partial charge in [0.2, 0.25) is 0 Å². The minimum absolute atomic E-state index is 0.196. The number of rotatable bonds is 5. The smallest absolute Gasteiger partial charge is 0.0756 e. The Morgan fingerprint density at radius 2 is 2.37 bits per heavy atom. The minimum atomic E-state index is 0.196. The van der Waals surface area contributed by atoms with Crippen LogP contribution in [0.1, 0.15) is 27.2 Å². The lowest BCUT2D eigenvalue weighted by Gasteiger charge is -2.45. The molecular weight excluding hydrogens is 240 g/mol. The third-order valence-corrected chi connectivity index (χ3v) is 4.13. The van der Waals surface area contributed by atoms with Crippen molar-refractivity contribution < 1.29 is 4.74 Å². The van der Waals surface area contributed by atoms with Gasteiger partial charge in [0.15, 0.2) is 0 Å². The van der Waals surface area contributed by atoms with Crippen molar-refractivity contribution in [2.45, 2.75) is 45.3 Å². The highest BCUT2D eigenvalue weighted by atomic mass is 16.5. The molecule has 1 aliphatic heterocycles. The largest absolute Gasteiger partial charge is 0.383 e. The maximum Gasteiger partial charge on any atom is 0.0756 e. The van der Waals surface area contributed by atoms with Crippen LogP contribution in [0, 0.1) is 0 Å². The van der Waals surface area contributed by atoms with Crippen molar-refractivity contribution in [3.63, 3.8) is 0 Å². The summed E-state index contributed by atoms with van der Waals surface area (Å²) in [6, 6.07) is 0.500. The molecule has 5 heteroatoms. The van der Waals surface area contributed by atoms with Gasteiger partial charge >= 0.3 is 0 Å². The van der Waals surface area contributed by atoms with Gasteiger partial charge in [-0.3, -0.25) is 4.68 Å². The fourth-order valence-corrected chi connectivity index (χ4v) is 2.48. The number of hydrogen-bond donors (Lipinski definition) is 1. The van der Waals surface area contributed by atoms with E-state index in [1.54, 1.807) is 7.11 Å². The van der Waals surface area contributed by atoms with E-state index in [1.807, 2.05) is 10.9 Å². The molecule has 0 radical (unpaired) electrons. The molecule has 0 saturated carbocycles. The molecule has 1 aliphatic rings. The van der Waals surface area contributed by atoms with Crippen LogP contribution < -0.4 is 10.2 Å². The number of nitrogens with zero attached hydrogens (tertiary/aromatic N) is 3. The fraction of sp³-hybridized carbons (Fsp3) is 0.786. The van der Waals surface area contributed by atoms with Crippen molar-refractivity contribution >= 4 is 5.69 Å². The lowest BCUT2D eigenvalue weighted by molar-refractivity contribution is 0.183. The maximum atomic E-state index is 5.09. The van der Waals surface area contributed by atoms with Gasteiger partial charge in [0.25, 0.3) is 0 Å². The fourth-order valence-electron chi connectivity index (χ4n) is 2.48. The van der Waals surface area contributed by atoms with Gasteiger partial charge in [-0.25, -0.2) is 0 Å². The molecule has 19 heavy (non-hydrogen) atoms. The quantitative estimate of drug-likeness (QED) is 0.877. The molecule has 0 aromatic carbocycles. The van der Waals surface area contributed by atoms with E-state index in [2.05, 4.69) is 42.3 Å². The number of anilines is 1. The summed E-state index contributed by atoms with van der Waals surface area (Å²) in [5.41, 5.74) is 1.41. The van der Waals surface area contributed by atoms with Gasteiger partial charge in [-0.2, -0.15) is 5.10 Å². The Balaban J connectivity index is 2.08. The standard InChI is InChI=1S/C14H26N4O/c1-5-14(3)11-18(12(2)8-15-14)13-9-16-17(10-13)6-7-19-4/h9-10,12,15H,5-8,11H2,1-4H3.